The summed E-state index contributed by atoms with van der Waals surface area (Å²) in [5, 5.41) is 0. The Labute approximate surface area is 136 Å². The monoisotopic (exact) mass is 320 g/mol. The van der Waals surface area contributed by atoms with E-state index in [0.717, 1.165) is 25.9 Å². The number of likely N-dealkylation sites (N-methyl/N-ethyl adjacent to an activating group) is 1. The van der Waals surface area contributed by atoms with E-state index in [4.69, 9.17) is 15.2 Å². The molecule has 0 aliphatic carbocycles. The molecule has 0 spiro atoms. The first-order chi connectivity index (χ1) is 11.0. The van der Waals surface area contributed by atoms with E-state index in [9.17, 15) is 9.59 Å². The molecule has 2 amide bonds. The molecule has 6 heteroatoms. The predicted octanol–water partition coefficient (Wildman–Crippen LogP) is 1.72. The van der Waals surface area contributed by atoms with Crippen molar-refractivity contribution in [1.82, 2.24) is 0 Å². The third-order valence-electron chi connectivity index (χ3n) is 4.02. The van der Waals surface area contributed by atoms with Gasteiger partial charge in [0.05, 0.1) is 12.7 Å². The molecule has 1 fully saturated rings. The molecule has 1 aliphatic rings. The van der Waals surface area contributed by atoms with Gasteiger partial charge in [0.1, 0.15) is 6.10 Å². The van der Waals surface area contributed by atoms with Crippen LogP contribution in [0.5, 0.6) is 0 Å². The number of carbonyl (C=O) groups is 2. The summed E-state index contributed by atoms with van der Waals surface area (Å²) in [5.74, 6) is -0.637. The van der Waals surface area contributed by atoms with E-state index in [1.807, 2.05) is 0 Å². The molecule has 1 heterocycles. The largest absolute Gasteiger partial charge is 0.376 e. The van der Waals surface area contributed by atoms with Crippen LogP contribution >= 0.6 is 0 Å². The number of anilines is 1. The van der Waals surface area contributed by atoms with Crippen molar-refractivity contribution in [3.8, 4) is 0 Å². The first kappa shape index (κ1) is 17.4. The number of ether oxygens (including phenoxy) is 2. The number of nitrogens with zero attached hydrogens (tertiary/aromatic N) is 1. The maximum absolute atomic E-state index is 12.4. The van der Waals surface area contributed by atoms with Crippen LogP contribution in [0.4, 0.5) is 5.69 Å². The Hall–Kier alpha value is -1.92. The number of nitrogens with two attached hydrogens (primary N) is 1. The zero-order chi connectivity index (χ0) is 16.8. The molecule has 2 atom stereocenters. The first-order valence-corrected chi connectivity index (χ1v) is 7.89. The van der Waals surface area contributed by atoms with Gasteiger partial charge in [0.2, 0.25) is 5.91 Å². The minimum absolute atomic E-state index is 0.0826. The number of benzene rings is 1. The van der Waals surface area contributed by atoms with Gasteiger partial charge < -0.3 is 20.1 Å². The van der Waals surface area contributed by atoms with Crippen LogP contribution in [0.2, 0.25) is 0 Å². The quantitative estimate of drug-likeness (QED) is 0.865. The number of hydrogen-bond donors (Lipinski definition) is 1. The predicted molar refractivity (Wildman–Crippen MR) is 87.4 cm³/mol. The van der Waals surface area contributed by atoms with Crippen LogP contribution in [-0.4, -0.2) is 44.3 Å². The standard InChI is InChI=1S/C17H24N2O4/c1-12(23-11-15-5-3-4-10-22-15)17(21)19(2)14-8-6-13(7-9-14)16(18)20/h6-9,12,15H,3-5,10-11H2,1-2H3,(H2,18,20). The van der Waals surface area contributed by atoms with Crippen molar-refractivity contribution in [2.45, 2.75) is 38.4 Å². The van der Waals surface area contributed by atoms with Gasteiger partial charge in [-0.3, -0.25) is 9.59 Å². The van der Waals surface area contributed by atoms with Crippen molar-refractivity contribution in [1.29, 1.82) is 0 Å². The maximum atomic E-state index is 12.4. The van der Waals surface area contributed by atoms with Crippen LogP contribution < -0.4 is 10.6 Å². The van der Waals surface area contributed by atoms with E-state index >= 15 is 0 Å². The second kappa shape index (κ2) is 8.08. The number of hydrogen-bond acceptors (Lipinski definition) is 4. The molecular formula is C17H24N2O4. The molecule has 126 valence electrons. The lowest BCUT2D eigenvalue weighted by molar-refractivity contribution is -0.132. The average Bonchev–Trinajstić information content (AvgIpc) is 2.59. The highest BCUT2D eigenvalue weighted by Crippen LogP contribution is 2.17. The van der Waals surface area contributed by atoms with Crippen molar-refractivity contribution in [2.75, 3.05) is 25.2 Å². The highest BCUT2D eigenvalue weighted by molar-refractivity contribution is 5.97. The van der Waals surface area contributed by atoms with Crippen molar-refractivity contribution in [3.05, 3.63) is 29.8 Å². The summed E-state index contributed by atoms with van der Waals surface area (Å²) in [5.41, 5.74) is 6.30. The Morgan fingerprint density at radius 3 is 2.61 bits per heavy atom. The number of primary amides is 1. The van der Waals surface area contributed by atoms with Crippen molar-refractivity contribution in [3.63, 3.8) is 0 Å². The molecule has 1 saturated heterocycles. The molecule has 2 N–H and O–H groups in total. The van der Waals surface area contributed by atoms with E-state index in [0.29, 0.717) is 17.9 Å². The smallest absolute Gasteiger partial charge is 0.255 e. The molecule has 1 aliphatic heterocycles. The van der Waals surface area contributed by atoms with E-state index < -0.39 is 12.0 Å². The average molecular weight is 320 g/mol. The zero-order valence-electron chi connectivity index (χ0n) is 13.7. The Bertz CT molecular complexity index is 538. The molecule has 23 heavy (non-hydrogen) atoms. The fourth-order valence-electron chi connectivity index (χ4n) is 2.51. The SMILES string of the molecule is CC(OCC1CCCCO1)C(=O)N(C)c1ccc(C(N)=O)cc1. The summed E-state index contributed by atoms with van der Waals surface area (Å²) in [6.45, 7) is 2.93. The molecule has 0 bridgehead atoms. The lowest BCUT2D eigenvalue weighted by Gasteiger charge is -2.26. The van der Waals surface area contributed by atoms with Crippen LogP contribution in [0.25, 0.3) is 0 Å². The summed E-state index contributed by atoms with van der Waals surface area (Å²) in [6.07, 6.45) is 2.74. The summed E-state index contributed by atoms with van der Waals surface area (Å²) >= 11 is 0. The molecule has 1 aromatic rings. The Balaban J connectivity index is 1.88. The van der Waals surface area contributed by atoms with Crippen LogP contribution in [0.3, 0.4) is 0 Å². The molecule has 0 radical (unpaired) electrons. The van der Waals surface area contributed by atoms with Gasteiger partial charge in [-0.05, 0) is 50.5 Å². The topological polar surface area (TPSA) is 81.9 Å². The number of carbonyl (C=O) groups excluding carboxylic acids is 2. The fourth-order valence-corrected chi connectivity index (χ4v) is 2.51. The van der Waals surface area contributed by atoms with Crippen LogP contribution in [0.1, 0.15) is 36.5 Å². The van der Waals surface area contributed by atoms with Crippen molar-refractivity contribution >= 4 is 17.5 Å². The van der Waals surface area contributed by atoms with Crippen LogP contribution in [0, 0.1) is 0 Å². The lowest BCUT2D eigenvalue weighted by atomic mass is 10.1. The highest BCUT2D eigenvalue weighted by atomic mass is 16.5. The molecule has 0 aromatic heterocycles. The summed E-state index contributed by atoms with van der Waals surface area (Å²) in [7, 11) is 1.68. The zero-order valence-corrected chi connectivity index (χ0v) is 13.7. The van der Waals surface area contributed by atoms with Gasteiger partial charge in [-0.25, -0.2) is 0 Å². The Morgan fingerprint density at radius 2 is 2.04 bits per heavy atom. The van der Waals surface area contributed by atoms with E-state index in [-0.39, 0.29) is 12.0 Å². The van der Waals surface area contributed by atoms with Crippen molar-refractivity contribution in [2.24, 2.45) is 5.73 Å². The number of rotatable bonds is 6. The summed E-state index contributed by atoms with van der Waals surface area (Å²) in [6, 6.07) is 6.58. The highest BCUT2D eigenvalue weighted by Gasteiger charge is 2.22. The molecular weight excluding hydrogens is 296 g/mol. The van der Waals surface area contributed by atoms with Crippen LogP contribution in [0.15, 0.2) is 24.3 Å². The van der Waals surface area contributed by atoms with E-state index in [1.165, 1.54) is 4.90 Å². The Kier molecular flexibility index (Phi) is 6.12. The van der Waals surface area contributed by atoms with Gasteiger partial charge in [0, 0.05) is 24.9 Å². The van der Waals surface area contributed by atoms with Gasteiger partial charge in [-0.2, -0.15) is 0 Å². The molecule has 6 nitrogen and oxygen atoms in total. The third kappa shape index (κ3) is 4.77. The Morgan fingerprint density at radius 1 is 1.35 bits per heavy atom. The second-order valence-electron chi connectivity index (χ2n) is 5.77. The molecule has 0 saturated carbocycles. The maximum Gasteiger partial charge on any atom is 0.255 e. The number of amides is 2. The summed E-state index contributed by atoms with van der Waals surface area (Å²) in [4.78, 5) is 25.0. The minimum atomic E-state index is -0.554. The summed E-state index contributed by atoms with van der Waals surface area (Å²) < 4.78 is 11.3. The first-order valence-electron chi connectivity index (χ1n) is 7.89. The van der Waals surface area contributed by atoms with E-state index in [1.54, 1.807) is 38.2 Å². The molecule has 2 rings (SSSR count). The van der Waals surface area contributed by atoms with Gasteiger partial charge >= 0.3 is 0 Å². The normalized spacial score (nSPS) is 19.1. The fraction of sp³-hybridized carbons (Fsp3) is 0.529. The third-order valence-corrected chi connectivity index (χ3v) is 4.02. The van der Waals surface area contributed by atoms with Gasteiger partial charge in [0.15, 0.2) is 0 Å². The van der Waals surface area contributed by atoms with Gasteiger partial charge in [-0.15, -0.1) is 0 Å². The van der Waals surface area contributed by atoms with E-state index in [2.05, 4.69) is 0 Å². The van der Waals surface area contributed by atoms with Gasteiger partial charge in [-0.1, -0.05) is 0 Å². The van der Waals surface area contributed by atoms with Crippen molar-refractivity contribution < 1.29 is 19.1 Å². The lowest BCUT2D eigenvalue weighted by Crippen LogP contribution is -2.38. The molecule has 2 unspecified atom stereocenters. The second-order valence-corrected chi connectivity index (χ2v) is 5.77. The minimum Gasteiger partial charge on any atom is -0.376 e. The van der Waals surface area contributed by atoms with Gasteiger partial charge in [0.25, 0.3) is 5.91 Å². The van der Waals surface area contributed by atoms with Crippen LogP contribution in [-0.2, 0) is 14.3 Å². The molecule has 1 aromatic carbocycles.